The van der Waals surface area contributed by atoms with Gasteiger partial charge in [-0.1, -0.05) is 44.0 Å². The first-order valence-corrected chi connectivity index (χ1v) is 8.81. The van der Waals surface area contributed by atoms with Crippen LogP contribution in [0.1, 0.15) is 0 Å². The average molecular weight is 462 g/mol. The predicted molar refractivity (Wildman–Crippen MR) is 102 cm³/mol. The molecule has 0 saturated heterocycles. The van der Waals surface area contributed by atoms with E-state index < -0.39 is 0 Å². The first-order valence-electron chi connectivity index (χ1n) is 7.23. The third kappa shape index (κ3) is 3.62. The summed E-state index contributed by atoms with van der Waals surface area (Å²) in [7, 11) is 0. The lowest BCUT2D eigenvalue weighted by Crippen LogP contribution is -2.03. The maximum atomic E-state index is 4.72. The summed E-state index contributed by atoms with van der Waals surface area (Å²) in [5, 5.41) is 14.0. The molecule has 2 N–H and O–H groups in total. The van der Waals surface area contributed by atoms with E-state index in [4.69, 9.17) is 4.63 Å². The van der Waals surface area contributed by atoms with E-state index in [-0.39, 0.29) is 0 Å². The zero-order valence-electron chi connectivity index (χ0n) is 12.6. The van der Waals surface area contributed by atoms with Crippen LogP contribution in [0.4, 0.5) is 23.0 Å². The van der Waals surface area contributed by atoms with Crippen LogP contribution in [-0.2, 0) is 0 Å². The van der Waals surface area contributed by atoms with Crippen LogP contribution in [0.2, 0.25) is 0 Å². The molecule has 0 radical (unpaired) electrons. The molecule has 0 unspecified atom stereocenters. The van der Waals surface area contributed by atoms with Crippen molar-refractivity contribution < 1.29 is 4.63 Å². The van der Waals surface area contributed by atoms with Crippen molar-refractivity contribution in [3.63, 3.8) is 0 Å². The summed E-state index contributed by atoms with van der Waals surface area (Å²) in [5.74, 6) is 1.03. The molecule has 2 heterocycles. The van der Waals surface area contributed by atoms with Gasteiger partial charge < -0.3 is 10.6 Å². The van der Waals surface area contributed by atoms with Crippen LogP contribution in [0.3, 0.4) is 0 Å². The van der Waals surface area contributed by atoms with Crippen molar-refractivity contribution in [3.8, 4) is 0 Å². The Balaban J connectivity index is 1.75. The number of hydrogen-bond donors (Lipinski definition) is 2. The molecule has 0 fully saturated rings. The molecule has 0 atom stereocenters. The number of nitrogens with zero attached hydrogens (tertiary/aromatic N) is 4. The summed E-state index contributed by atoms with van der Waals surface area (Å²) < 4.78 is 6.63. The first-order chi connectivity index (χ1) is 12.2. The van der Waals surface area contributed by atoms with Crippen LogP contribution in [0, 0.1) is 0 Å². The Morgan fingerprint density at radius 3 is 1.64 bits per heavy atom. The largest absolute Gasteiger partial charge is 0.337 e. The Labute approximate surface area is 159 Å². The van der Waals surface area contributed by atoms with Gasteiger partial charge >= 0.3 is 0 Å². The van der Waals surface area contributed by atoms with Gasteiger partial charge in [0.05, 0.1) is 0 Å². The van der Waals surface area contributed by atoms with E-state index >= 15 is 0 Å². The lowest BCUT2D eigenvalue weighted by atomic mass is 10.3. The van der Waals surface area contributed by atoms with Gasteiger partial charge in [-0.15, -0.1) is 0 Å². The van der Waals surface area contributed by atoms with Gasteiger partial charge in [-0.3, -0.25) is 0 Å². The minimum Gasteiger partial charge on any atom is -0.337 e. The highest BCUT2D eigenvalue weighted by atomic mass is 79.9. The molecule has 2 aromatic carbocycles. The SMILES string of the molecule is Brc1cccc(Nc2nc3nonc3nc2Nc2cccc(Br)c2)c1. The van der Waals surface area contributed by atoms with Gasteiger partial charge in [0.15, 0.2) is 11.6 Å². The van der Waals surface area contributed by atoms with E-state index in [2.05, 4.69) is 62.8 Å². The summed E-state index contributed by atoms with van der Waals surface area (Å²) in [6.45, 7) is 0. The smallest absolute Gasteiger partial charge is 0.245 e. The molecule has 0 saturated carbocycles. The third-order valence-corrected chi connectivity index (χ3v) is 4.28. The molecular weight excluding hydrogens is 452 g/mol. The molecule has 0 bridgehead atoms. The van der Waals surface area contributed by atoms with E-state index in [1.54, 1.807) is 0 Å². The summed E-state index contributed by atoms with van der Waals surface area (Å²) in [4.78, 5) is 8.90. The van der Waals surface area contributed by atoms with E-state index in [1.165, 1.54) is 0 Å². The zero-order valence-corrected chi connectivity index (χ0v) is 15.7. The maximum Gasteiger partial charge on any atom is 0.245 e. The quantitative estimate of drug-likeness (QED) is 0.440. The lowest BCUT2D eigenvalue weighted by Gasteiger charge is -2.12. The average Bonchev–Trinajstić information content (AvgIpc) is 3.02. The van der Waals surface area contributed by atoms with Crippen molar-refractivity contribution in [1.29, 1.82) is 0 Å². The van der Waals surface area contributed by atoms with Crippen LogP contribution in [0.5, 0.6) is 0 Å². The highest BCUT2D eigenvalue weighted by Gasteiger charge is 2.13. The molecule has 25 heavy (non-hydrogen) atoms. The van der Waals surface area contributed by atoms with Gasteiger partial charge in [0.1, 0.15) is 0 Å². The molecule has 0 aliphatic rings. The van der Waals surface area contributed by atoms with E-state index in [1.807, 2.05) is 48.5 Å². The Kier molecular flexibility index (Phi) is 4.33. The van der Waals surface area contributed by atoms with Crippen LogP contribution in [0.15, 0.2) is 62.1 Å². The number of rotatable bonds is 4. The Morgan fingerprint density at radius 2 is 1.20 bits per heavy atom. The van der Waals surface area contributed by atoms with Gasteiger partial charge in [0.2, 0.25) is 11.3 Å². The zero-order chi connectivity index (χ0) is 17.2. The molecule has 4 aromatic rings. The number of hydrogen-bond acceptors (Lipinski definition) is 7. The van der Waals surface area contributed by atoms with Crippen molar-refractivity contribution in [1.82, 2.24) is 20.3 Å². The Morgan fingerprint density at radius 1 is 0.720 bits per heavy atom. The van der Waals surface area contributed by atoms with Gasteiger partial charge in [0, 0.05) is 20.3 Å². The summed E-state index contributed by atoms with van der Waals surface area (Å²) in [6, 6.07) is 15.5. The van der Waals surface area contributed by atoms with Crippen molar-refractivity contribution >= 4 is 66.2 Å². The molecule has 0 amide bonds. The fraction of sp³-hybridized carbons (Fsp3) is 0. The van der Waals surface area contributed by atoms with Crippen LogP contribution in [0.25, 0.3) is 11.3 Å². The first kappa shape index (κ1) is 16.0. The van der Waals surface area contributed by atoms with Crippen LogP contribution in [-0.4, -0.2) is 20.3 Å². The van der Waals surface area contributed by atoms with Gasteiger partial charge in [-0.2, -0.15) is 0 Å². The van der Waals surface area contributed by atoms with Gasteiger partial charge in [-0.25, -0.2) is 14.6 Å². The maximum absolute atomic E-state index is 4.72. The number of halogens is 2. The predicted octanol–water partition coefficient (Wildman–Crippen LogP) is 5.03. The molecule has 0 aliphatic heterocycles. The molecule has 7 nitrogen and oxygen atoms in total. The van der Waals surface area contributed by atoms with Crippen molar-refractivity contribution in [2.45, 2.75) is 0 Å². The molecule has 0 spiro atoms. The second-order valence-corrected chi connectivity index (χ2v) is 6.93. The number of nitrogens with one attached hydrogen (secondary N) is 2. The Bertz CT molecular complexity index is 970. The molecule has 124 valence electrons. The van der Waals surface area contributed by atoms with Gasteiger partial charge in [-0.05, 0) is 46.7 Å². The molecule has 0 aliphatic carbocycles. The highest BCUT2D eigenvalue weighted by Crippen LogP contribution is 2.28. The van der Waals surface area contributed by atoms with Crippen LogP contribution < -0.4 is 10.6 Å². The second kappa shape index (κ2) is 6.77. The molecule has 2 aromatic heterocycles. The number of anilines is 4. The number of benzene rings is 2. The molecule has 9 heteroatoms. The second-order valence-electron chi connectivity index (χ2n) is 5.10. The monoisotopic (exact) mass is 460 g/mol. The minimum atomic E-state index is 0.331. The number of fused-ring (bicyclic) bond motifs is 1. The standard InChI is InChI=1S/C16H10Br2N6O/c17-9-3-1-5-11(7-9)19-13-14(20-12-6-2-4-10(18)8-12)22-16-15(21-13)23-25-24-16/h1-8H,(H,19,21,23)(H,20,22,24). The lowest BCUT2D eigenvalue weighted by molar-refractivity contribution is 0.314. The van der Waals surface area contributed by atoms with E-state index in [9.17, 15) is 0 Å². The van der Waals surface area contributed by atoms with Crippen molar-refractivity contribution in [2.75, 3.05) is 10.6 Å². The van der Waals surface area contributed by atoms with Crippen molar-refractivity contribution in [2.24, 2.45) is 0 Å². The Hall–Kier alpha value is -2.52. The summed E-state index contributed by atoms with van der Waals surface area (Å²) >= 11 is 6.91. The number of aromatic nitrogens is 4. The minimum absolute atomic E-state index is 0.331. The van der Waals surface area contributed by atoms with E-state index in [0.29, 0.717) is 22.9 Å². The fourth-order valence-corrected chi connectivity index (χ4v) is 3.02. The van der Waals surface area contributed by atoms with Crippen molar-refractivity contribution in [3.05, 3.63) is 57.5 Å². The highest BCUT2D eigenvalue weighted by molar-refractivity contribution is 9.10. The fourth-order valence-electron chi connectivity index (χ4n) is 2.22. The normalized spacial score (nSPS) is 10.8. The van der Waals surface area contributed by atoms with Gasteiger partial charge in [0.25, 0.3) is 0 Å². The summed E-state index contributed by atoms with van der Waals surface area (Å²) in [5.41, 5.74) is 2.38. The van der Waals surface area contributed by atoms with E-state index in [0.717, 1.165) is 20.3 Å². The third-order valence-electron chi connectivity index (χ3n) is 3.29. The summed E-state index contributed by atoms with van der Waals surface area (Å²) in [6.07, 6.45) is 0. The van der Waals surface area contributed by atoms with Crippen LogP contribution >= 0.6 is 31.9 Å². The molecule has 4 rings (SSSR count). The topological polar surface area (TPSA) is 88.8 Å². The molecular formula is C16H10Br2N6O.